The second-order valence-electron chi connectivity index (χ2n) is 6.55. The summed E-state index contributed by atoms with van der Waals surface area (Å²) < 4.78 is 11.1. The van der Waals surface area contributed by atoms with Gasteiger partial charge in [0.05, 0.1) is 12.7 Å². The lowest BCUT2D eigenvalue weighted by Crippen LogP contribution is -2.40. The van der Waals surface area contributed by atoms with Crippen LogP contribution in [0.15, 0.2) is 4.99 Å². The predicted molar refractivity (Wildman–Crippen MR) is 94.0 cm³/mol. The highest BCUT2D eigenvalue weighted by molar-refractivity contribution is 5.79. The van der Waals surface area contributed by atoms with Crippen LogP contribution in [0.25, 0.3) is 0 Å². The molecule has 0 bridgehead atoms. The normalized spacial score (nSPS) is 25.9. The lowest BCUT2D eigenvalue weighted by atomic mass is 10.1. The lowest BCUT2D eigenvalue weighted by molar-refractivity contribution is 0.0420. The molecule has 2 fully saturated rings. The van der Waals surface area contributed by atoms with Crippen LogP contribution in [0, 0.1) is 5.92 Å². The van der Waals surface area contributed by atoms with Gasteiger partial charge in [-0.2, -0.15) is 0 Å². The summed E-state index contributed by atoms with van der Waals surface area (Å²) in [5.74, 6) is 1.65. The molecule has 0 aromatic carbocycles. The van der Waals surface area contributed by atoms with Crippen molar-refractivity contribution in [3.63, 3.8) is 0 Å². The third-order valence-corrected chi connectivity index (χ3v) is 4.55. The van der Waals surface area contributed by atoms with Crippen molar-refractivity contribution in [2.75, 3.05) is 59.6 Å². The Hall–Kier alpha value is -0.850. The van der Waals surface area contributed by atoms with Crippen LogP contribution >= 0.6 is 0 Å². The minimum atomic E-state index is 0.306. The van der Waals surface area contributed by atoms with Crippen molar-refractivity contribution in [3.8, 4) is 0 Å². The predicted octanol–water partition coefficient (Wildman–Crippen LogP) is 1.08. The van der Waals surface area contributed by atoms with Crippen molar-refractivity contribution in [1.29, 1.82) is 0 Å². The highest BCUT2D eigenvalue weighted by Crippen LogP contribution is 2.15. The number of guanidine groups is 1. The summed E-state index contributed by atoms with van der Waals surface area (Å²) in [6.07, 6.45) is 4.87. The summed E-state index contributed by atoms with van der Waals surface area (Å²) in [7, 11) is 1.83. The molecule has 0 aliphatic carbocycles. The molecule has 0 aromatic rings. The van der Waals surface area contributed by atoms with Gasteiger partial charge in [-0.25, -0.2) is 0 Å². The fourth-order valence-corrected chi connectivity index (χ4v) is 3.23. The van der Waals surface area contributed by atoms with Crippen molar-refractivity contribution in [2.45, 2.75) is 38.7 Å². The molecule has 23 heavy (non-hydrogen) atoms. The molecule has 134 valence electrons. The smallest absolute Gasteiger partial charge is 0.190 e. The Balaban J connectivity index is 1.50. The first-order valence-electron chi connectivity index (χ1n) is 9.18. The van der Waals surface area contributed by atoms with Gasteiger partial charge in [-0.05, 0) is 44.7 Å². The van der Waals surface area contributed by atoms with E-state index in [0.29, 0.717) is 6.10 Å². The van der Waals surface area contributed by atoms with Crippen molar-refractivity contribution in [1.82, 2.24) is 15.5 Å². The van der Waals surface area contributed by atoms with Gasteiger partial charge < -0.3 is 25.0 Å². The summed E-state index contributed by atoms with van der Waals surface area (Å²) in [5, 5.41) is 6.83. The van der Waals surface area contributed by atoms with Gasteiger partial charge in [-0.15, -0.1) is 0 Å². The SMILES string of the molecule is CCCN1CCC(CNC(=NC)NCCCOC2CCOC2)C1. The number of hydrogen-bond donors (Lipinski definition) is 2. The maximum atomic E-state index is 5.76. The average molecular weight is 326 g/mol. The van der Waals surface area contributed by atoms with Crippen LogP contribution in [0.5, 0.6) is 0 Å². The van der Waals surface area contributed by atoms with E-state index in [4.69, 9.17) is 9.47 Å². The monoisotopic (exact) mass is 326 g/mol. The van der Waals surface area contributed by atoms with E-state index in [-0.39, 0.29) is 0 Å². The number of nitrogens with zero attached hydrogens (tertiary/aromatic N) is 2. The molecule has 6 heteroatoms. The molecule has 2 heterocycles. The Morgan fingerprint density at radius 3 is 3.00 bits per heavy atom. The maximum absolute atomic E-state index is 5.76. The molecule has 6 nitrogen and oxygen atoms in total. The molecule has 2 saturated heterocycles. The number of rotatable bonds is 9. The molecule has 2 aliphatic heterocycles. The summed E-state index contributed by atoms with van der Waals surface area (Å²) >= 11 is 0. The Kier molecular flexibility index (Phi) is 8.71. The highest BCUT2D eigenvalue weighted by Gasteiger charge is 2.21. The van der Waals surface area contributed by atoms with E-state index in [9.17, 15) is 0 Å². The maximum Gasteiger partial charge on any atom is 0.190 e. The zero-order valence-electron chi connectivity index (χ0n) is 14.9. The van der Waals surface area contributed by atoms with Crippen LogP contribution in [0.1, 0.15) is 32.6 Å². The van der Waals surface area contributed by atoms with E-state index in [1.807, 2.05) is 7.05 Å². The van der Waals surface area contributed by atoms with E-state index in [2.05, 4.69) is 27.4 Å². The molecule has 0 spiro atoms. The van der Waals surface area contributed by atoms with Gasteiger partial charge in [0.25, 0.3) is 0 Å². The van der Waals surface area contributed by atoms with Crippen molar-refractivity contribution in [3.05, 3.63) is 0 Å². The molecule has 0 aromatic heterocycles. The van der Waals surface area contributed by atoms with Gasteiger partial charge in [0.1, 0.15) is 0 Å². The summed E-state index contributed by atoms with van der Waals surface area (Å²) in [5.41, 5.74) is 0. The van der Waals surface area contributed by atoms with E-state index in [1.165, 1.54) is 32.5 Å². The van der Waals surface area contributed by atoms with Gasteiger partial charge in [-0.1, -0.05) is 6.92 Å². The largest absolute Gasteiger partial charge is 0.379 e. The first kappa shape index (κ1) is 18.5. The first-order chi connectivity index (χ1) is 11.3. The molecular formula is C17H34N4O2. The van der Waals surface area contributed by atoms with Crippen LogP contribution in [0.2, 0.25) is 0 Å². The second-order valence-corrected chi connectivity index (χ2v) is 6.55. The second kappa shape index (κ2) is 10.8. The molecule has 2 rings (SSSR count). The third-order valence-electron chi connectivity index (χ3n) is 4.55. The standard InChI is InChI=1S/C17H34N4O2/c1-3-8-21-9-5-15(13-21)12-20-17(18-2)19-7-4-10-23-16-6-11-22-14-16/h15-16H,3-14H2,1-2H3,(H2,18,19,20). The van der Waals surface area contributed by atoms with Crippen LogP contribution in [-0.4, -0.2) is 76.6 Å². The van der Waals surface area contributed by atoms with E-state index in [0.717, 1.165) is 57.6 Å². The summed E-state index contributed by atoms with van der Waals surface area (Å²) in [6, 6.07) is 0. The quantitative estimate of drug-likeness (QED) is 0.377. The van der Waals surface area contributed by atoms with Crippen LogP contribution in [0.3, 0.4) is 0 Å². The van der Waals surface area contributed by atoms with E-state index >= 15 is 0 Å². The number of nitrogens with one attached hydrogen (secondary N) is 2. The molecular weight excluding hydrogens is 292 g/mol. The Morgan fingerprint density at radius 1 is 1.35 bits per heavy atom. The van der Waals surface area contributed by atoms with Crippen LogP contribution in [0.4, 0.5) is 0 Å². The van der Waals surface area contributed by atoms with Crippen LogP contribution < -0.4 is 10.6 Å². The van der Waals surface area contributed by atoms with Crippen molar-refractivity contribution >= 4 is 5.96 Å². The van der Waals surface area contributed by atoms with Crippen molar-refractivity contribution < 1.29 is 9.47 Å². The number of hydrogen-bond acceptors (Lipinski definition) is 4. The van der Waals surface area contributed by atoms with Gasteiger partial charge >= 0.3 is 0 Å². The van der Waals surface area contributed by atoms with Crippen LogP contribution in [-0.2, 0) is 9.47 Å². The molecule has 0 amide bonds. The Labute approximate surface area is 141 Å². The van der Waals surface area contributed by atoms with E-state index in [1.54, 1.807) is 0 Å². The van der Waals surface area contributed by atoms with Gasteiger partial charge in [0.15, 0.2) is 5.96 Å². The topological polar surface area (TPSA) is 58.1 Å². The fraction of sp³-hybridized carbons (Fsp3) is 0.941. The summed E-state index contributed by atoms with van der Waals surface area (Å²) in [4.78, 5) is 6.86. The molecule has 2 unspecified atom stereocenters. The molecule has 2 N–H and O–H groups in total. The zero-order chi connectivity index (χ0) is 16.3. The molecule has 2 atom stereocenters. The Bertz CT molecular complexity index is 345. The van der Waals surface area contributed by atoms with Gasteiger partial charge in [0.2, 0.25) is 0 Å². The Morgan fingerprint density at radius 2 is 2.26 bits per heavy atom. The minimum Gasteiger partial charge on any atom is -0.379 e. The van der Waals surface area contributed by atoms with Crippen molar-refractivity contribution in [2.24, 2.45) is 10.9 Å². The average Bonchev–Trinajstić information content (AvgIpc) is 3.22. The molecule has 0 saturated carbocycles. The number of ether oxygens (including phenoxy) is 2. The number of aliphatic imine (C=N–C) groups is 1. The molecule has 2 aliphatic rings. The zero-order valence-corrected chi connectivity index (χ0v) is 14.9. The molecule has 0 radical (unpaired) electrons. The summed E-state index contributed by atoms with van der Waals surface area (Å²) in [6.45, 7) is 10.2. The first-order valence-corrected chi connectivity index (χ1v) is 9.18. The number of likely N-dealkylation sites (tertiary alicyclic amines) is 1. The lowest BCUT2D eigenvalue weighted by Gasteiger charge is -2.17. The third kappa shape index (κ3) is 7.06. The van der Waals surface area contributed by atoms with Gasteiger partial charge in [0, 0.05) is 39.9 Å². The minimum absolute atomic E-state index is 0.306. The van der Waals surface area contributed by atoms with Gasteiger partial charge in [-0.3, -0.25) is 4.99 Å². The highest BCUT2D eigenvalue weighted by atomic mass is 16.5. The fourth-order valence-electron chi connectivity index (χ4n) is 3.23. The van der Waals surface area contributed by atoms with E-state index < -0.39 is 0 Å².